The maximum Gasteiger partial charge on any atom is 0.128 e. The van der Waals surface area contributed by atoms with Crippen LogP contribution in [0.3, 0.4) is 0 Å². The second-order valence-corrected chi connectivity index (χ2v) is 5.26. The molecule has 0 unspecified atom stereocenters. The van der Waals surface area contributed by atoms with E-state index in [1.54, 1.807) is 0 Å². The van der Waals surface area contributed by atoms with E-state index in [9.17, 15) is 0 Å². The molecule has 0 saturated carbocycles. The lowest BCUT2D eigenvalue weighted by molar-refractivity contribution is 0.300. The smallest absolute Gasteiger partial charge is 0.128 e. The zero-order valence-electron chi connectivity index (χ0n) is 14.2. The minimum atomic E-state index is 0.920. The molecule has 4 nitrogen and oxygen atoms in total. The molecule has 1 aromatic heterocycles. The van der Waals surface area contributed by atoms with Crippen LogP contribution in [0.2, 0.25) is 0 Å². The van der Waals surface area contributed by atoms with Gasteiger partial charge in [-0.2, -0.15) is 0 Å². The highest BCUT2D eigenvalue weighted by molar-refractivity contribution is 5.40. The van der Waals surface area contributed by atoms with E-state index in [2.05, 4.69) is 59.9 Å². The second kappa shape index (κ2) is 10.6. The van der Waals surface area contributed by atoms with Gasteiger partial charge in [-0.15, -0.1) is 0 Å². The number of hydrogen-bond donors (Lipinski definition) is 1. The van der Waals surface area contributed by atoms with Crippen molar-refractivity contribution in [2.24, 2.45) is 0 Å². The standard InChI is InChI=1S/C17H32N4/c1-5-18-15-16-10-11-19-17(14-16)21(8-4)13-9-12-20(6-2)7-3/h10-11,14,18H,5-9,12-13,15H2,1-4H3. The maximum atomic E-state index is 4.54. The number of nitrogens with one attached hydrogen (secondary N) is 1. The molecule has 1 N–H and O–H groups in total. The van der Waals surface area contributed by atoms with Crippen LogP contribution in [-0.4, -0.2) is 49.2 Å². The van der Waals surface area contributed by atoms with Gasteiger partial charge in [0.25, 0.3) is 0 Å². The molecular formula is C17H32N4. The van der Waals surface area contributed by atoms with Crippen molar-refractivity contribution in [3.63, 3.8) is 0 Å². The quantitative estimate of drug-likeness (QED) is 0.679. The summed E-state index contributed by atoms with van der Waals surface area (Å²) in [5.74, 6) is 1.10. The first-order valence-electron chi connectivity index (χ1n) is 8.37. The predicted molar refractivity (Wildman–Crippen MR) is 91.9 cm³/mol. The highest BCUT2D eigenvalue weighted by Gasteiger charge is 2.07. The third-order valence-corrected chi connectivity index (χ3v) is 3.89. The van der Waals surface area contributed by atoms with Gasteiger partial charge in [-0.3, -0.25) is 0 Å². The normalized spacial score (nSPS) is 11.1. The zero-order valence-corrected chi connectivity index (χ0v) is 14.2. The summed E-state index contributed by atoms with van der Waals surface area (Å²) >= 11 is 0. The molecule has 4 heteroatoms. The number of aromatic nitrogens is 1. The number of anilines is 1. The van der Waals surface area contributed by atoms with Crippen molar-refractivity contribution in [3.8, 4) is 0 Å². The van der Waals surface area contributed by atoms with Gasteiger partial charge in [-0.25, -0.2) is 4.98 Å². The van der Waals surface area contributed by atoms with Gasteiger partial charge < -0.3 is 15.1 Å². The lowest BCUT2D eigenvalue weighted by atomic mass is 10.2. The molecule has 1 rings (SSSR count). The van der Waals surface area contributed by atoms with Crippen LogP contribution in [0.15, 0.2) is 18.3 Å². The van der Waals surface area contributed by atoms with Crippen LogP contribution < -0.4 is 10.2 Å². The molecule has 120 valence electrons. The number of rotatable bonds is 11. The van der Waals surface area contributed by atoms with Crippen LogP contribution in [-0.2, 0) is 6.54 Å². The van der Waals surface area contributed by atoms with Gasteiger partial charge in [0.05, 0.1) is 0 Å². The topological polar surface area (TPSA) is 31.4 Å². The fourth-order valence-electron chi connectivity index (χ4n) is 2.47. The minimum Gasteiger partial charge on any atom is -0.357 e. The Kier molecular flexibility index (Phi) is 9.02. The fourth-order valence-corrected chi connectivity index (χ4v) is 2.47. The van der Waals surface area contributed by atoms with Gasteiger partial charge in [0.1, 0.15) is 5.82 Å². The Hall–Kier alpha value is -1.13. The van der Waals surface area contributed by atoms with E-state index in [1.807, 2.05) is 6.20 Å². The molecular weight excluding hydrogens is 260 g/mol. The average molecular weight is 292 g/mol. The van der Waals surface area contributed by atoms with Gasteiger partial charge in [-0.05, 0) is 57.2 Å². The second-order valence-electron chi connectivity index (χ2n) is 5.26. The van der Waals surface area contributed by atoms with Gasteiger partial charge >= 0.3 is 0 Å². The maximum absolute atomic E-state index is 4.54. The van der Waals surface area contributed by atoms with Crippen LogP contribution in [0, 0.1) is 0 Å². The highest BCUT2D eigenvalue weighted by atomic mass is 15.2. The third kappa shape index (κ3) is 6.44. The van der Waals surface area contributed by atoms with Crippen LogP contribution in [0.25, 0.3) is 0 Å². The molecule has 0 fully saturated rings. The van der Waals surface area contributed by atoms with Crippen molar-refractivity contribution in [1.82, 2.24) is 15.2 Å². The molecule has 0 bridgehead atoms. The molecule has 0 radical (unpaired) electrons. The molecule has 0 aliphatic rings. The first kappa shape index (κ1) is 17.9. The number of nitrogens with zero attached hydrogens (tertiary/aromatic N) is 3. The molecule has 0 aliphatic heterocycles. The van der Waals surface area contributed by atoms with E-state index >= 15 is 0 Å². The van der Waals surface area contributed by atoms with Crippen molar-refractivity contribution < 1.29 is 0 Å². The summed E-state index contributed by atoms with van der Waals surface area (Å²) < 4.78 is 0. The van der Waals surface area contributed by atoms with Crippen LogP contribution in [0.4, 0.5) is 5.82 Å². The Bertz CT molecular complexity index is 377. The minimum absolute atomic E-state index is 0.920. The van der Waals surface area contributed by atoms with Gasteiger partial charge in [-0.1, -0.05) is 20.8 Å². The fraction of sp³-hybridized carbons (Fsp3) is 0.706. The molecule has 0 spiro atoms. The molecule has 0 saturated heterocycles. The molecule has 1 heterocycles. The Labute approximate surface area is 130 Å². The van der Waals surface area contributed by atoms with Crippen LogP contribution >= 0.6 is 0 Å². The average Bonchev–Trinajstić information content (AvgIpc) is 2.53. The van der Waals surface area contributed by atoms with Gasteiger partial charge in [0.2, 0.25) is 0 Å². The Morgan fingerprint density at radius 3 is 2.43 bits per heavy atom. The summed E-state index contributed by atoms with van der Waals surface area (Å²) in [7, 11) is 0. The lowest BCUT2D eigenvalue weighted by Crippen LogP contribution is -2.30. The predicted octanol–water partition coefficient (Wildman–Crippen LogP) is 2.75. The van der Waals surface area contributed by atoms with Crippen molar-refractivity contribution in [2.75, 3.05) is 44.2 Å². The molecule has 1 aromatic rings. The monoisotopic (exact) mass is 292 g/mol. The van der Waals surface area contributed by atoms with Gasteiger partial charge in [0, 0.05) is 25.8 Å². The molecule has 0 atom stereocenters. The summed E-state index contributed by atoms with van der Waals surface area (Å²) in [6.45, 7) is 16.2. The SMILES string of the molecule is CCNCc1ccnc(N(CC)CCCN(CC)CC)c1. The van der Waals surface area contributed by atoms with Gasteiger partial charge in [0.15, 0.2) is 0 Å². The van der Waals surface area contributed by atoms with E-state index < -0.39 is 0 Å². The van der Waals surface area contributed by atoms with Crippen molar-refractivity contribution in [1.29, 1.82) is 0 Å². The van der Waals surface area contributed by atoms with E-state index in [0.29, 0.717) is 0 Å². The zero-order chi connectivity index (χ0) is 15.5. The molecule has 21 heavy (non-hydrogen) atoms. The first-order valence-corrected chi connectivity index (χ1v) is 8.37. The van der Waals surface area contributed by atoms with E-state index in [0.717, 1.165) is 45.1 Å². The summed E-state index contributed by atoms with van der Waals surface area (Å²) in [6, 6.07) is 4.31. The lowest BCUT2D eigenvalue weighted by Gasteiger charge is -2.24. The van der Waals surface area contributed by atoms with E-state index in [4.69, 9.17) is 0 Å². The van der Waals surface area contributed by atoms with Crippen molar-refractivity contribution in [2.45, 2.75) is 40.7 Å². The Morgan fingerprint density at radius 2 is 1.81 bits per heavy atom. The largest absolute Gasteiger partial charge is 0.357 e. The number of hydrogen-bond acceptors (Lipinski definition) is 4. The summed E-state index contributed by atoms with van der Waals surface area (Å²) in [5.41, 5.74) is 1.31. The van der Waals surface area contributed by atoms with Crippen molar-refractivity contribution in [3.05, 3.63) is 23.9 Å². The molecule has 0 amide bonds. The summed E-state index contributed by atoms with van der Waals surface area (Å²) in [6.07, 6.45) is 3.11. The summed E-state index contributed by atoms with van der Waals surface area (Å²) in [4.78, 5) is 9.39. The molecule has 0 aromatic carbocycles. The van der Waals surface area contributed by atoms with Crippen LogP contribution in [0.1, 0.15) is 39.7 Å². The van der Waals surface area contributed by atoms with E-state index in [-0.39, 0.29) is 0 Å². The number of pyridine rings is 1. The van der Waals surface area contributed by atoms with Crippen LogP contribution in [0.5, 0.6) is 0 Å². The summed E-state index contributed by atoms with van der Waals surface area (Å²) in [5, 5.41) is 3.37. The van der Waals surface area contributed by atoms with E-state index in [1.165, 1.54) is 18.5 Å². The third-order valence-electron chi connectivity index (χ3n) is 3.89. The highest BCUT2D eigenvalue weighted by Crippen LogP contribution is 2.13. The van der Waals surface area contributed by atoms with Crippen molar-refractivity contribution >= 4 is 5.82 Å². The molecule has 0 aliphatic carbocycles. The Morgan fingerprint density at radius 1 is 1.05 bits per heavy atom. The first-order chi connectivity index (χ1) is 10.2. The Balaban J connectivity index is 2.54.